The smallest absolute Gasteiger partial charge is 0.338 e. The van der Waals surface area contributed by atoms with Crippen LogP contribution in [-0.2, 0) is 4.74 Å². The maximum Gasteiger partial charge on any atom is 0.338 e. The second-order valence-electron chi connectivity index (χ2n) is 3.95. The predicted octanol–water partition coefficient (Wildman–Crippen LogP) is -1.38. The van der Waals surface area contributed by atoms with Crippen LogP contribution in [0.15, 0.2) is 24.3 Å². The highest BCUT2D eigenvalue weighted by Gasteiger charge is 2.25. The molecule has 0 saturated heterocycles. The van der Waals surface area contributed by atoms with E-state index >= 15 is 0 Å². The molecule has 0 fully saturated rings. The normalized spacial score (nSPS) is 15.6. The van der Waals surface area contributed by atoms with E-state index in [4.69, 9.17) is 20.1 Å². The molecular formula is C12H16O7. The zero-order valence-corrected chi connectivity index (χ0v) is 10.0. The number of phenolic OH excluding ortho intramolecular Hbond substituents is 1. The summed E-state index contributed by atoms with van der Waals surface area (Å²) in [6.45, 7) is -1.25. The van der Waals surface area contributed by atoms with Crippen molar-refractivity contribution in [1.82, 2.24) is 0 Å². The molecule has 0 aliphatic carbocycles. The fourth-order valence-corrected chi connectivity index (χ4v) is 1.30. The molecule has 0 amide bonds. The predicted molar refractivity (Wildman–Crippen MR) is 63.5 cm³/mol. The first-order valence-electron chi connectivity index (χ1n) is 5.57. The molecule has 106 valence electrons. The number of carbonyl (C=O) groups excluding carboxylic acids is 1. The number of hydrogen-bond donors (Lipinski definition) is 5. The van der Waals surface area contributed by atoms with Gasteiger partial charge in [0.15, 0.2) is 0 Å². The van der Waals surface area contributed by atoms with Crippen LogP contribution < -0.4 is 0 Å². The summed E-state index contributed by atoms with van der Waals surface area (Å²) in [5.74, 6) is -0.747. The minimum Gasteiger partial charge on any atom is -0.508 e. The van der Waals surface area contributed by atoms with Gasteiger partial charge in [0, 0.05) is 0 Å². The molecule has 0 aliphatic rings. The fourth-order valence-electron chi connectivity index (χ4n) is 1.30. The molecule has 0 aliphatic heterocycles. The lowest BCUT2D eigenvalue weighted by molar-refractivity contribution is -0.0925. The van der Waals surface area contributed by atoms with Gasteiger partial charge in [0.25, 0.3) is 0 Å². The number of rotatable bonds is 6. The lowest BCUT2D eigenvalue weighted by Gasteiger charge is -2.21. The van der Waals surface area contributed by atoms with Crippen molar-refractivity contribution >= 4 is 5.97 Å². The van der Waals surface area contributed by atoms with E-state index < -0.39 is 37.5 Å². The van der Waals surface area contributed by atoms with Crippen LogP contribution in [0.4, 0.5) is 0 Å². The van der Waals surface area contributed by atoms with Crippen LogP contribution >= 0.6 is 0 Å². The SMILES string of the molecule is O=C(OC[C@@H](O)[C@H](O)[C@@H](O)CO)c1ccc(O)cc1. The van der Waals surface area contributed by atoms with E-state index in [1.54, 1.807) is 0 Å². The van der Waals surface area contributed by atoms with Crippen molar-refractivity contribution in [2.24, 2.45) is 0 Å². The molecule has 0 unspecified atom stereocenters. The summed E-state index contributed by atoms with van der Waals surface area (Å²) in [5, 5.41) is 45.4. The minimum absolute atomic E-state index is 0.00178. The number of carbonyl (C=O) groups is 1. The van der Waals surface area contributed by atoms with Crippen LogP contribution in [0, 0.1) is 0 Å². The van der Waals surface area contributed by atoms with Crippen molar-refractivity contribution in [3.63, 3.8) is 0 Å². The summed E-state index contributed by atoms with van der Waals surface area (Å²) < 4.78 is 4.72. The van der Waals surface area contributed by atoms with Crippen LogP contribution in [0.1, 0.15) is 10.4 Å². The number of esters is 1. The lowest BCUT2D eigenvalue weighted by Crippen LogP contribution is -2.42. The van der Waals surface area contributed by atoms with Gasteiger partial charge in [-0.2, -0.15) is 0 Å². The average molecular weight is 272 g/mol. The van der Waals surface area contributed by atoms with Crippen molar-refractivity contribution in [2.45, 2.75) is 18.3 Å². The lowest BCUT2D eigenvalue weighted by atomic mass is 10.1. The number of phenols is 1. The highest BCUT2D eigenvalue weighted by atomic mass is 16.5. The second kappa shape index (κ2) is 7.05. The first-order valence-corrected chi connectivity index (χ1v) is 5.57. The molecule has 0 radical (unpaired) electrons. The fraction of sp³-hybridized carbons (Fsp3) is 0.417. The van der Waals surface area contributed by atoms with Crippen LogP contribution in [-0.4, -0.2) is 63.0 Å². The Morgan fingerprint density at radius 1 is 1.11 bits per heavy atom. The molecule has 7 heteroatoms. The maximum absolute atomic E-state index is 11.5. The van der Waals surface area contributed by atoms with Crippen LogP contribution in [0.25, 0.3) is 0 Å². The quantitative estimate of drug-likeness (QED) is 0.404. The Bertz CT molecular complexity index is 403. The molecule has 3 atom stereocenters. The summed E-state index contributed by atoms with van der Waals surface area (Å²) in [6, 6.07) is 5.28. The monoisotopic (exact) mass is 272 g/mol. The van der Waals surface area contributed by atoms with Crippen molar-refractivity contribution in [3.05, 3.63) is 29.8 Å². The van der Waals surface area contributed by atoms with Gasteiger partial charge >= 0.3 is 5.97 Å². The standard InChI is InChI=1S/C12H16O7/c13-5-9(15)11(17)10(16)6-19-12(18)7-1-3-8(14)4-2-7/h1-4,9-11,13-17H,5-6H2/t9-,10+,11+/m0/s1. The average Bonchev–Trinajstić information content (AvgIpc) is 2.43. The number of ether oxygens (including phenoxy) is 1. The van der Waals surface area contributed by atoms with Gasteiger partial charge in [-0.1, -0.05) is 0 Å². The van der Waals surface area contributed by atoms with Crippen molar-refractivity contribution < 1.29 is 35.1 Å². The summed E-state index contributed by atoms with van der Waals surface area (Å²) in [5.41, 5.74) is 0.169. The largest absolute Gasteiger partial charge is 0.508 e. The van der Waals surface area contributed by atoms with Gasteiger partial charge in [0.2, 0.25) is 0 Å². The number of aromatic hydroxyl groups is 1. The summed E-state index contributed by atoms with van der Waals surface area (Å²) >= 11 is 0. The van der Waals surface area contributed by atoms with E-state index in [0.29, 0.717) is 0 Å². The number of aliphatic hydroxyl groups excluding tert-OH is 4. The van der Waals surface area contributed by atoms with E-state index in [9.17, 15) is 15.0 Å². The summed E-state index contributed by atoms with van der Waals surface area (Å²) in [6.07, 6.45) is -4.64. The van der Waals surface area contributed by atoms with Crippen molar-refractivity contribution in [2.75, 3.05) is 13.2 Å². The Kier molecular flexibility index (Phi) is 5.71. The highest BCUT2D eigenvalue weighted by molar-refractivity contribution is 5.89. The van der Waals surface area contributed by atoms with E-state index in [1.165, 1.54) is 24.3 Å². The van der Waals surface area contributed by atoms with E-state index in [-0.39, 0.29) is 11.3 Å². The zero-order chi connectivity index (χ0) is 14.4. The topological polar surface area (TPSA) is 127 Å². The van der Waals surface area contributed by atoms with Gasteiger partial charge in [-0.15, -0.1) is 0 Å². The maximum atomic E-state index is 11.5. The Balaban J connectivity index is 2.48. The number of benzene rings is 1. The van der Waals surface area contributed by atoms with Gasteiger partial charge in [-0.25, -0.2) is 4.79 Å². The van der Waals surface area contributed by atoms with E-state index in [0.717, 1.165) is 0 Å². The number of aliphatic hydroxyl groups is 4. The Labute approximate surface area is 109 Å². The van der Waals surface area contributed by atoms with Crippen molar-refractivity contribution in [3.8, 4) is 5.75 Å². The van der Waals surface area contributed by atoms with Gasteiger partial charge in [-0.05, 0) is 24.3 Å². The Morgan fingerprint density at radius 2 is 1.68 bits per heavy atom. The molecule has 1 aromatic rings. The van der Waals surface area contributed by atoms with Crippen LogP contribution in [0.3, 0.4) is 0 Å². The van der Waals surface area contributed by atoms with Gasteiger partial charge < -0.3 is 30.3 Å². The van der Waals surface area contributed by atoms with E-state index in [2.05, 4.69) is 0 Å². The molecule has 19 heavy (non-hydrogen) atoms. The molecule has 0 spiro atoms. The van der Waals surface area contributed by atoms with Crippen LogP contribution in [0.2, 0.25) is 0 Å². The molecule has 5 N–H and O–H groups in total. The van der Waals surface area contributed by atoms with E-state index in [1.807, 2.05) is 0 Å². The zero-order valence-electron chi connectivity index (χ0n) is 10.0. The number of hydrogen-bond acceptors (Lipinski definition) is 7. The Morgan fingerprint density at radius 3 is 2.21 bits per heavy atom. The second-order valence-corrected chi connectivity index (χ2v) is 3.95. The third kappa shape index (κ3) is 4.49. The molecule has 1 rings (SSSR count). The molecule has 0 bridgehead atoms. The summed E-state index contributed by atoms with van der Waals surface area (Å²) in [4.78, 5) is 11.5. The molecule has 0 aromatic heterocycles. The minimum atomic E-state index is -1.61. The molecular weight excluding hydrogens is 256 g/mol. The third-order valence-corrected chi connectivity index (χ3v) is 2.46. The molecule has 7 nitrogen and oxygen atoms in total. The van der Waals surface area contributed by atoms with Gasteiger partial charge in [0.05, 0.1) is 12.2 Å². The molecule has 1 aromatic carbocycles. The molecule has 0 heterocycles. The van der Waals surface area contributed by atoms with Crippen molar-refractivity contribution in [1.29, 1.82) is 0 Å². The first-order chi connectivity index (χ1) is 8.95. The summed E-state index contributed by atoms with van der Waals surface area (Å²) in [7, 11) is 0. The van der Waals surface area contributed by atoms with Crippen LogP contribution in [0.5, 0.6) is 5.75 Å². The first kappa shape index (κ1) is 15.4. The molecule has 0 saturated carbocycles. The third-order valence-electron chi connectivity index (χ3n) is 2.46. The highest BCUT2D eigenvalue weighted by Crippen LogP contribution is 2.11. The Hall–Kier alpha value is -1.67. The van der Waals surface area contributed by atoms with Gasteiger partial charge in [-0.3, -0.25) is 0 Å². The van der Waals surface area contributed by atoms with Gasteiger partial charge in [0.1, 0.15) is 30.7 Å².